The van der Waals surface area contributed by atoms with Crippen LogP contribution >= 0.6 is 0 Å². The Hall–Kier alpha value is -0.810. The molecular weight excluding hydrogens is 188 g/mol. The Morgan fingerprint density at radius 3 is 2.46 bits per heavy atom. The van der Waals surface area contributed by atoms with Gasteiger partial charge in [0.2, 0.25) is 10.0 Å². The first-order valence-corrected chi connectivity index (χ1v) is 5.87. The molecule has 4 nitrogen and oxygen atoms in total. The van der Waals surface area contributed by atoms with E-state index in [1.54, 1.807) is 6.92 Å². The van der Waals surface area contributed by atoms with E-state index in [0.29, 0.717) is 13.1 Å². The molecule has 0 aliphatic carbocycles. The molecule has 0 unspecified atom stereocenters. The van der Waals surface area contributed by atoms with Crippen LogP contribution in [-0.2, 0) is 16.6 Å². The number of hydrogen-bond donors (Lipinski definition) is 1. The first-order chi connectivity index (χ1) is 6.14. The van der Waals surface area contributed by atoms with Gasteiger partial charge in [0.25, 0.3) is 0 Å². The number of sulfonamides is 1. The predicted octanol–water partition coefficient (Wildman–Crippen LogP) is 0.427. The molecular formula is C8H14N2O2S. The normalized spacial score (nSPS) is 11.8. The van der Waals surface area contributed by atoms with Crippen LogP contribution < -0.4 is 4.72 Å². The number of hydrogen-bond acceptors (Lipinski definition) is 2. The Morgan fingerprint density at radius 2 is 1.92 bits per heavy atom. The van der Waals surface area contributed by atoms with Crippen LogP contribution in [0.25, 0.3) is 0 Å². The predicted molar refractivity (Wildman–Crippen MR) is 51.9 cm³/mol. The van der Waals surface area contributed by atoms with E-state index in [2.05, 4.69) is 4.72 Å². The van der Waals surface area contributed by atoms with Gasteiger partial charge in [-0.1, -0.05) is 0 Å². The molecule has 1 aromatic heterocycles. The van der Waals surface area contributed by atoms with Gasteiger partial charge in [-0.25, -0.2) is 13.1 Å². The molecule has 0 radical (unpaired) electrons. The third-order valence-corrected chi connectivity index (χ3v) is 3.14. The highest BCUT2D eigenvalue weighted by molar-refractivity contribution is 7.89. The lowest BCUT2D eigenvalue weighted by Gasteiger charge is -2.04. The lowest BCUT2D eigenvalue weighted by atomic mass is 10.6. The minimum atomic E-state index is -3.04. The van der Waals surface area contributed by atoms with E-state index < -0.39 is 10.0 Å². The van der Waals surface area contributed by atoms with Crippen molar-refractivity contribution in [3.63, 3.8) is 0 Å². The number of rotatable bonds is 5. The van der Waals surface area contributed by atoms with E-state index in [-0.39, 0.29) is 5.75 Å². The zero-order chi connectivity index (χ0) is 9.73. The summed E-state index contributed by atoms with van der Waals surface area (Å²) in [7, 11) is -3.04. The van der Waals surface area contributed by atoms with Gasteiger partial charge in [0.1, 0.15) is 0 Å². The van der Waals surface area contributed by atoms with Crippen molar-refractivity contribution in [2.24, 2.45) is 0 Å². The summed E-state index contributed by atoms with van der Waals surface area (Å²) in [6, 6.07) is 3.82. The second-order valence-electron chi connectivity index (χ2n) is 2.72. The van der Waals surface area contributed by atoms with Crippen LogP contribution in [0.5, 0.6) is 0 Å². The fourth-order valence-corrected chi connectivity index (χ4v) is 1.56. The van der Waals surface area contributed by atoms with Gasteiger partial charge < -0.3 is 4.57 Å². The maximum Gasteiger partial charge on any atom is 0.211 e. The van der Waals surface area contributed by atoms with Gasteiger partial charge in [0.05, 0.1) is 5.75 Å². The van der Waals surface area contributed by atoms with Gasteiger partial charge in [-0.05, 0) is 19.1 Å². The zero-order valence-electron chi connectivity index (χ0n) is 7.60. The van der Waals surface area contributed by atoms with Crippen LogP contribution in [0.1, 0.15) is 6.92 Å². The Bertz CT molecular complexity index is 329. The van der Waals surface area contributed by atoms with Crippen LogP contribution in [0.2, 0.25) is 0 Å². The molecule has 0 amide bonds. The van der Waals surface area contributed by atoms with Gasteiger partial charge in [-0.15, -0.1) is 0 Å². The average Bonchev–Trinajstić information content (AvgIpc) is 2.57. The fourth-order valence-electron chi connectivity index (χ4n) is 0.952. The lowest BCUT2D eigenvalue weighted by Crippen LogP contribution is -2.28. The van der Waals surface area contributed by atoms with Gasteiger partial charge in [-0.2, -0.15) is 0 Å². The van der Waals surface area contributed by atoms with Crippen molar-refractivity contribution in [3.8, 4) is 0 Å². The summed E-state index contributed by atoms with van der Waals surface area (Å²) in [5.41, 5.74) is 0. The molecule has 5 heteroatoms. The first kappa shape index (κ1) is 10.3. The molecule has 0 bridgehead atoms. The summed E-state index contributed by atoms with van der Waals surface area (Å²) >= 11 is 0. The van der Waals surface area contributed by atoms with Crippen LogP contribution in [0.4, 0.5) is 0 Å². The van der Waals surface area contributed by atoms with Gasteiger partial charge in [-0.3, -0.25) is 0 Å². The SMILES string of the molecule is CCS(=O)(=O)NCCn1cccc1. The second kappa shape index (κ2) is 4.43. The van der Waals surface area contributed by atoms with Crippen molar-refractivity contribution in [2.75, 3.05) is 12.3 Å². The van der Waals surface area contributed by atoms with Crippen molar-refractivity contribution in [1.29, 1.82) is 0 Å². The van der Waals surface area contributed by atoms with Crippen LogP contribution in [0, 0.1) is 0 Å². The van der Waals surface area contributed by atoms with Crippen molar-refractivity contribution in [1.82, 2.24) is 9.29 Å². The fraction of sp³-hybridized carbons (Fsp3) is 0.500. The lowest BCUT2D eigenvalue weighted by molar-refractivity contribution is 0.574. The third-order valence-electron chi connectivity index (χ3n) is 1.74. The smallest absolute Gasteiger partial charge is 0.211 e. The Kier molecular flexibility index (Phi) is 3.50. The summed E-state index contributed by atoms with van der Waals surface area (Å²) in [6.07, 6.45) is 3.81. The molecule has 0 spiro atoms. The summed E-state index contributed by atoms with van der Waals surface area (Å²) in [5, 5.41) is 0. The monoisotopic (exact) mass is 202 g/mol. The minimum Gasteiger partial charge on any atom is -0.353 e. The molecule has 13 heavy (non-hydrogen) atoms. The standard InChI is InChI=1S/C8H14N2O2S/c1-2-13(11,12)9-5-8-10-6-3-4-7-10/h3-4,6-7,9H,2,5,8H2,1H3. The quantitative estimate of drug-likeness (QED) is 0.752. The Balaban J connectivity index is 2.30. The average molecular weight is 202 g/mol. The van der Waals surface area contributed by atoms with E-state index in [1.807, 2.05) is 29.1 Å². The second-order valence-corrected chi connectivity index (χ2v) is 4.81. The molecule has 1 N–H and O–H groups in total. The summed E-state index contributed by atoms with van der Waals surface area (Å²) in [4.78, 5) is 0. The van der Waals surface area contributed by atoms with Crippen LogP contribution in [-0.4, -0.2) is 25.3 Å². The summed E-state index contributed by atoms with van der Waals surface area (Å²) in [5.74, 6) is 0.138. The van der Waals surface area contributed by atoms with Gasteiger partial charge in [0.15, 0.2) is 0 Å². The van der Waals surface area contributed by atoms with Crippen molar-refractivity contribution in [2.45, 2.75) is 13.5 Å². The Labute approximate surface area is 78.6 Å². The molecule has 0 aromatic carbocycles. The molecule has 0 saturated carbocycles. The highest BCUT2D eigenvalue weighted by Crippen LogP contribution is 1.89. The largest absolute Gasteiger partial charge is 0.353 e. The Morgan fingerprint density at radius 1 is 1.31 bits per heavy atom. The molecule has 0 aliphatic rings. The minimum absolute atomic E-state index is 0.138. The van der Waals surface area contributed by atoms with E-state index in [9.17, 15) is 8.42 Å². The number of aromatic nitrogens is 1. The topological polar surface area (TPSA) is 51.1 Å². The molecule has 0 saturated heterocycles. The van der Waals surface area contributed by atoms with E-state index >= 15 is 0 Å². The van der Waals surface area contributed by atoms with Crippen molar-refractivity contribution < 1.29 is 8.42 Å². The van der Waals surface area contributed by atoms with E-state index in [4.69, 9.17) is 0 Å². The van der Waals surface area contributed by atoms with E-state index in [1.165, 1.54) is 0 Å². The molecule has 1 heterocycles. The molecule has 0 fully saturated rings. The van der Waals surface area contributed by atoms with Crippen molar-refractivity contribution >= 4 is 10.0 Å². The highest BCUT2D eigenvalue weighted by atomic mass is 32.2. The summed E-state index contributed by atoms with van der Waals surface area (Å²) in [6.45, 7) is 2.75. The first-order valence-electron chi connectivity index (χ1n) is 4.22. The molecule has 0 aliphatic heterocycles. The number of nitrogens with one attached hydrogen (secondary N) is 1. The van der Waals surface area contributed by atoms with Crippen molar-refractivity contribution in [3.05, 3.63) is 24.5 Å². The molecule has 74 valence electrons. The van der Waals surface area contributed by atoms with Crippen LogP contribution in [0.3, 0.4) is 0 Å². The molecule has 0 atom stereocenters. The highest BCUT2D eigenvalue weighted by Gasteiger charge is 2.03. The van der Waals surface area contributed by atoms with Crippen LogP contribution in [0.15, 0.2) is 24.5 Å². The third kappa shape index (κ3) is 3.61. The summed E-state index contributed by atoms with van der Waals surface area (Å²) < 4.78 is 26.4. The zero-order valence-corrected chi connectivity index (χ0v) is 8.42. The van der Waals surface area contributed by atoms with Gasteiger partial charge in [0, 0.05) is 25.5 Å². The van der Waals surface area contributed by atoms with E-state index in [0.717, 1.165) is 0 Å². The van der Waals surface area contributed by atoms with Gasteiger partial charge >= 0.3 is 0 Å². The number of nitrogens with zero attached hydrogens (tertiary/aromatic N) is 1. The maximum atomic E-state index is 11.0. The molecule has 1 aromatic rings. The maximum absolute atomic E-state index is 11.0. The molecule has 1 rings (SSSR count).